The molecule has 0 spiro atoms. The molecule has 0 saturated heterocycles. The van der Waals surface area contributed by atoms with Gasteiger partial charge in [-0.3, -0.25) is 10.1 Å². The summed E-state index contributed by atoms with van der Waals surface area (Å²) < 4.78 is 1.70. The average Bonchev–Trinajstić information content (AvgIpc) is 3.29. The monoisotopic (exact) mass is 488 g/mol. The number of rotatable bonds is 4. The van der Waals surface area contributed by atoms with Gasteiger partial charge in [-0.05, 0) is 55.0 Å². The van der Waals surface area contributed by atoms with Crippen LogP contribution in [-0.2, 0) is 4.79 Å². The molecule has 1 amide bonds. The predicted molar refractivity (Wildman–Crippen MR) is 129 cm³/mol. The molecular formula is C20H14Cl2N6OS2. The number of aromatic nitrogens is 4. The van der Waals surface area contributed by atoms with E-state index >= 15 is 0 Å². The zero-order chi connectivity index (χ0) is 22.0. The van der Waals surface area contributed by atoms with Gasteiger partial charge in [0.1, 0.15) is 5.01 Å². The van der Waals surface area contributed by atoms with Crippen molar-refractivity contribution in [3.8, 4) is 10.6 Å². The van der Waals surface area contributed by atoms with E-state index in [-0.39, 0.29) is 11.0 Å². The number of halogens is 2. The fraction of sp³-hybridized carbons (Fsp3) is 0.0500. The van der Waals surface area contributed by atoms with Crippen LogP contribution < -0.4 is 10.6 Å². The molecule has 4 aromatic rings. The highest BCUT2D eigenvalue weighted by atomic mass is 35.5. The van der Waals surface area contributed by atoms with Gasteiger partial charge in [-0.15, -0.1) is 10.2 Å². The van der Waals surface area contributed by atoms with Gasteiger partial charge in [0.25, 0.3) is 0 Å². The molecule has 156 valence electrons. The van der Waals surface area contributed by atoms with E-state index in [0.717, 1.165) is 27.0 Å². The smallest absolute Gasteiger partial charge is 0.250 e. The molecule has 0 saturated carbocycles. The SMILES string of the molecule is Cc1nnc2sc(-c3cccc(NC(=S)NC(=O)/C=C/c4ccc(Cl)cc4Cl)c3)nn12. The van der Waals surface area contributed by atoms with Crippen molar-refractivity contribution in [2.75, 3.05) is 5.32 Å². The molecule has 0 bridgehead atoms. The third-order valence-corrected chi connectivity index (χ3v) is 5.84. The lowest BCUT2D eigenvalue weighted by Gasteiger charge is -2.09. The largest absolute Gasteiger partial charge is 0.332 e. The van der Waals surface area contributed by atoms with Crippen LogP contribution in [0.5, 0.6) is 0 Å². The minimum atomic E-state index is -0.385. The number of thiocarbonyl (C=S) groups is 1. The number of carbonyl (C=O) groups excluding carboxylic acids is 1. The summed E-state index contributed by atoms with van der Waals surface area (Å²) in [7, 11) is 0. The lowest BCUT2D eigenvalue weighted by molar-refractivity contribution is -0.115. The second kappa shape index (κ2) is 9.11. The lowest BCUT2D eigenvalue weighted by Crippen LogP contribution is -2.32. The molecule has 4 rings (SSSR count). The van der Waals surface area contributed by atoms with Gasteiger partial charge in [0, 0.05) is 27.4 Å². The van der Waals surface area contributed by atoms with Gasteiger partial charge < -0.3 is 5.32 Å². The summed E-state index contributed by atoms with van der Waals surface area (Å²) in [5.41, 5.74) is 2.29. The van der Waals surface area contributed by atoms with E-state index in [4.69, 9.17) is 35.4 Å². The van der Waals surface area contributed by atoms with Crippen LogP contribution in [0.4, 0.5) is 5.69 Å². The summed E-state index contributed by atoms with van der Waals surface area (Å²) in [6, 6.07) is 12.6. The van der Waals surface area contributed by atoms with E-state index in [0.29, 0.717) is 15.6 Å². The molecule has 0 unspecified atom stereocenters. The molecule has 0 aliphatic rings. The Labute approximate surface area is 196 Å². The standard InChI is InChI=1S/C20H14Cl2N6OS2/c1-11-25-26-20-28(11)27-18(31-20)13-3-2-4-15(9-13)23-19(30)24-17(29)8-6-12-5-7-14(21)10-16(12)22/h2-10H,1H3,(H2,23,24,29,30)/b8-6+. The number of nitrogens with zero attached hydrogens (tertiary/aromatic N) is 4. The number of hydrogen-bond donors (Lipinski definition) is 2. The molecule has 2 aromatic heterocycles. The minimum Gasteiger partial charge on any atom is -0.332 e. The maximum Gasteiger partial charge on any atom is 0.250 e. The van der Waals surface area contributed by atoms with Gasteiger partial charge in [0.05, 0.1) is 0 Å². The fourth-order valence-electron chi connectivity index (χ4n) is 2.68. The van der Waals surface area contributed by atoms with Gasteiger partial charge in [0.2, 0.25) is 10.9 Å². The molecular weight excluding hydrogens is 475 g/mol. The molecule has 31 heavy (non-hydrogen) atoms. The van der Waals surface area contributed by atoms with E-state index in [9.17, 15) is 4.79 Å². The molecule has 0 fully saturated rings. The van der Waals surface area contributed by atoms with Crippen LogP contribution >= 0.6 is 46.8 Å². The Balaban J connectivity index is 1.40. The summed E-state index contributed by atoms with van der Waals surface area (Å²) >= 11 is 18.7. The van der Waals surface area contributed by atoms with Crippen LogP contribution in [0.1, 0.15) is 11.4 Å². The topological polar surface area (TPSA) is 84.2 Å². The van der Waals surface area contributed by atoms with E-state index in [1.165, 1.54) is 17.4 Å². The Morgan fingerprint density at radius 3 is 2.81 bits per heavy atom. The van der Waals surface area contributed by atoms with E-state index < -0.39 is 0 Å². The first kappa shape index (κ1) is 21.4. The third-order valence-electron chi connectivity index (χ3n) is 4.13. The Bertz CT molecular complexity index is 1330. The minimum absolute atomic E-state index is 0.169. The molecule has 0 aliphatic heterocycles. The zero-order valence-corrected chi connectivity index (χ0v) is 19.1. The summed E-state index contributed by atoms with van der Waals surface area (Å²) in [6.45, 7) is 1.85. The average molecular weight is 489 g/mol. The van der Waals surface area contributed by atoms with Crippen LogP contribution in [0.25, 0.3) is 21.6 Å². The quantitative estimate of drug-likeness (QED) is 0.310. The van der Waals surface area contributed by atoms with Crippen molar-refractivity contribution in [3.63, 3.8) is 0 Å². The third kappa shape index (κ3) is 5.08. The second-order valence-corrected chi connectivity index (χ2v) is 8.58. The summed E-state index contributed by atoms with van der Waals surface area (Å²) in [5.74, 6) is 0.340. The van der Waals surface area contributed by atoms with Crippen LogP contribution in [0.15, 0.2) is 48.5 Å². The van der Waals surface area contributed by atoms with Crippen molar-refractivity contribution in [2.45, 2.75) is 6.92 Å². The van der Waals surface area contributed by atoms with Crippen LogP contribution in [0.3, 0.4) is 0 Å². The predicted octanol–water partition coefficient (Wildman–Crippen LogP) is 4.99. The maximum absolute atomic E-state index is 12.2. The number of carbonyl (C=O) groups is 1. The highest BCUT2D eigenvalue weighted by molar-refractivity contribution is 7.80. The molecule has 0 radical (unpaired) electrons. The second-order valence-electron chi connectivity index (χ2n) is 6.37. The molecule has 0 aliphatic carbocycles. The normalized spacial score (nSPS) is 11.2. The Morgan fingerprint density at radius 2 is 2.03 bits per heavy atom. The van der Waals surface area contributed by atoms with Crippen molar-refractivity contribution < 1.29 is 4.79 Å². The number of benzene rings is 2. The van der Waals surface area contributed by atoms with Crippen LogP contribution in [0, 0.1) is 6.92 Å². The lowest BCUT2D eigenvalue weighted by atomic mass is 10.2. The Kier molecular flexibility index (Phi) is 6.28. The fourth-order valence-corrected chi connectivity index (χ4v) is 4.25. The molecule has 2 N–H and O–H groups in total. The first-order valence-corrected chi connectivity index (χ1v) is 10.9. The van der Waals surface area contributed by atoms with E-state index in [1.807, 2.05) is 31.2 Å². The number of aryl methyl sites for hydroxylation is 1. The van der Waals surface area contributed by atoms with E-state index in [1.54, 1.807) is 28.8 Å². The molecule has 0 atom stereocenters. The van der Waals surface area contributed by atoms with Crippen molar-refractivity contribution in [1.29, 1.82) is 0 Å². The van der Waals surface area contributed by atoms with Gasteiger partial charge in [-0.1, -0.05) is 52.7 Å². The highest BCUT2D eigenvalue weighted by Gasteiger charge is 2.11. The highest BCUT2D eigenvalue weighted by Crippen LogP contribution is 2.27. The van der Waals surface area contributed by atoms with Crippen LogP contribution in [0.2, 0.25) is 10.0 Å². The Hall–Kier alpha value is -2.85. The maximum atomic E-state index is 12.2. The summed E-state index contributed by atoms with van der Waals surface area (Å²) in [6.07, 6.45) is 2.94. The summed E-state index contributed by atoms with van der Waals surface area (Å²) in [4.78, 5) is 12.9. The van der Waals surface area contributed by atoms with Crippen molar-refractivity contribution in [1.82, 2.24) is 25.1 Å². The van der Waals surface area contributed by atoms with Gasteiger partial charge in [-0.25, -0.2) is 0 Å². The van der Waals surface area contributed by atoms with Gasteiger partial charge in [0.15, 0.2) is 10.9 Å². The number of amides is 1. The number of anilines is 1. The molecule has 2 aromatic carbocycles. The van der Waals surface area contributed by atoms with Gasteiger partial charge in [-0.2, -0.15) is 9.61 Å². The van der Waals surface area contributed by atoms with Crippen molar-refractivity contribution in [3.05, 3.63) is 70.0 Å². The number of nitrogens with one attached hydrogen (secondary N) is 2. The Morgan fingerprint density at radius 1 is 1.19 bits per heavy atom. The molecule has 11 heteroatoms. The van der Waals surface area contributed by atoms with Crippen LogP contribution in [-0.4, -0.2) is 30.8 Å². The van der Waals surface area contributed by atoms with Crippen molar-refractivity contribution >= 4 is 74.5 Å². The van der Waals surface area contributed by atoms with E-state index in [2.05, 4.69) is 25.9 Å². The number of fused-ring (bicyclic) bond motifs is 1. The first-order chi connectivity index (χ1) is 14.9. The first-order valence-electron chi connectivity index (χ1n) is 8.93. The zero-order valence-electron chi connectivity index (χ0n) is 16.0. The number of hydrogen-bond acceptors (Lipinski definition) is 6. The summed E-state index contributed by atoms with van der Waals surface area (Å²) in [5, 5.41) is 20.2. The molecule has 7 nitrogen and oxygen atoms in total. The molecule has 2 heterocycles. The van der Waals surface area contributed by atoms with Gasteiger partial charge >= 0.3 is 0 Å². The van der Waals surface area contributed by atoms with Crippen molar-refractivity contribution in [2.24, 2.45) is 0 Å².